The van der Waals surface area contributed by atoms with Crippen LogP contribution in [0.4, 0.5) is 5.82 Å². The zero-order chi connectivity index (χ0) is 18.8. The van der Waals surface area contributed by atoms with Crippen molar-refractivity contribution in [3.05, 3.63) is 23.9 Å². The van der Waals surface area contributed by atoms with E-state index in [0.29, 0.717) is 25.2 Å². The van der Waals surface area contributed by atoms with Crippen LogP contribution in [-0.4, -0.2) is 69.8 Å². The Morgan fingerprint density at radius 1 is 1.33 bits per heavy atom. The lowest BCUT2D eigenvalue weighted by Gasteiger charge is -2.33. The minimum atomic E-state index is -0.0784. The minimum absolute atomic E-state index is 0. The molecule has 0 bridgehead atoms. The number of anilines is 1. The first kappa shape index (κ1) is 23.4. The highest BCUT2D eigenvalue weighted by Gasteiger charge is 2.21. The first-order valence-corrected chi connectivity index (χ1v) is 9.03. The fraction of sp³-hybridized carbons (Fsp3) is 0.611. The van der Waals surface area contributed by atoms with E-state index in [0.717, 1.165) is 37.4 Å². The normalized spacial score (nSPS) is 15.1. The third-order valence-corrected chi connectivity index (χ3v) is 4.30. The van der Waals surface area contributed by atoms with Crippen LogP contribution in [0, 0.1) is 6.92 Å². The molecule has 0 aliphatic carbocycles. The number of rotatable bonds is 7. The molecule has 3 N–H and O–H groups in total. The highest BCUT2D eigenvalue weighted by atomic mass is 127. The molecule has 1 fully saturated rings. The number of methoxy groups -OCH3 is 1. The van der Waals surface area contributed by atoms with Gasteiger partial charge in [0.1, 0.15) is 5.82 Å². The summed E-state index contributed by atoms with van der Waals surface area (Å²) in [7, 11) is 3.32. The van der Waals surface area contributed by atoms with Crippen LogP contribution in [0.15, 0.2) is 23.2 Å². The number of aryl methyl sites for hydroxylation is 1. The van der Waals surface area contributed by atoms with Gasteiger partial charge >= 0.3 is 0 Å². The maximum absolute atomic E-state index is 11.7. The van der Waals surface area contributed by atoms with E-state index in [9.17, 15) is 4.79 Å². The van der Waals surface area contributed by atoms with E-state index in [1.165, 1.54) is 0 Å². The molecule has 1 aliphatic heterocycles. The van der Waals surface area contributed by atoms with Gasteiger partial charge in [0, 0.05) is 45.5 Å². The summed E-state index contributed by atoms with van der Waals surface area (Å²) in [4.78, 5) is 22.8. The van der Waals surface area contributed by atoms with Crippen LogP contribution >= 0.6 is 24.0 Å². The van der Waals surface area contributed by atoms with Crippen LogP contribution in [0.3, 0.4) is 0 Å². The number of carbonyl (C=O) groups excluding carboxylic acids is 1. The van der Waals surface area contributed by atoms with Gasteiger partial charge in [-0.1, -0.05) is 6.07 Å². The number of carbonyl (C=O) groups is 1. The number of nitrogens with zero attached hydrogens (tertiary/aromatic N) is 3. The number of piperidine rings is 1. The van der Waals surface area contributed by atoms with Gasteiger partial charge in [-0.2, -0.15) is 0 Å². The number of guanidine groups is 1. The average molecular weight is 490 g/mol. The van der Waals surface area contributed by atoms with E-state index in [-0.39, 0.29) is 36.4 Å². The highest BCUT2D eigenvalue weighted by molar-refractivity contribution is 14.0. The standard InChI is InChI=1S/C18H30N6O2.HI/c1-14-5-4-6-16(22-14)24-10-7-15(8-11-24)23-18(19-2)21-13-17(25)20-9-12-26-3;/h4-6,15H,7-13H2,1-3H3,(H,20,25)(H2,19,21,23);1H. The van der Waals surface area contributed by atoms with Crippen molar-refractivity contribution in [1.29, 1.82) is 0 Å². The molecule has 0 radical (unpaired) electrons. The Bertz CT molecular complexity index is 605. The highest BCUT2D eigenvalue weighted by Crippen LogP contribution is 2.18. The van der Waals surface area contributed by atoms with Gasteiger partial charge < -0.3 is 25.6 Å². The van der Waals surface area contributed by atoms with Crippen LogP contribution in [0.5, 0.6) is 0 Å². The molecule has 8 nitrogen and oxygen atoms in total. The topological polar surface area (TPSA) is 90.9 Å². The Labute approximate surface area is 178 Å². The largest absolute Gasteiger partial charge is 0.383 e. The predicted molar refractivity (Wildman–Crippen MR) is 119 cm³/mol. The van der Waals surface area contributed by atoms with Gasteiger partial charge in [-0.25, -0.2) is 4.98 Å². The molecule has 1 aromatic heterocycles. The Balaban J connectivity index is 0.00000364. The summed E-state index contributed by atoms with van der Waals surface area (Å²) in [5.74, 6) is 1.61. The number of ether oxygens (including phenoxy) is 1. The molecule has 1 saturated heterocycles. The van der Waals surface area contributed by atoms with Gasteiger partial charge in [0.05, 0.1) is 13.2 Å². The smallest absolute Gasteiger partial charge is 0.239 e. The molecule has 0 atom stereocenters. The van der Waals surface area contributed by atoms with Gasteiger partial charge in [0.2, 0.25) is 5.91 Å². The molecule has 1 amide bonds. The SMILES string of the molecule is CN=C(NCC(=O)NCCOC)NC1CCN(c2cccc(C)n2)CC1.I. The first-order valence-electron chi connectivity index (χ1n) is 9.03. The van der Waals surface area contributed by atoms with Crippen LogP contribution in [0.1, 0.15) is 18.5 Å². The summed E-state index contributed by atoms with van der Waals surface area (Å²) in [6.45, 7) is 5.11. The van der Waals surface area contributed by atoms with Crippen molar-refractivity contribution in [1.82, 2.24) is 20.9 Å². The quantitative estimate of drug-likeness (QED) is 0.228. The molecule has 152 valence electrons. The van der Waals surface area contributed by atoms with Crippen molar-refractivity contribution in [2.45, 2.75) is 25.8 Å². The Hall–Kier alpha value is -1.62. The van der Waals surface area contributed by atoms with Crippen molar-refractivity contribution in [3.8, 4) is 0 Å². The molecule has 0 spiro atoms. The molecular formula is C18H31IN6O2. The number of amides is 1. The van der Waals surface area contributed by atoms with E-state index in [4.69, 9.17) is 4.74 Å². The monoisotopic (exact) mass is 490 g/mol. The molecule has 1 aliphatic rings. The van der Waals surface area contributed by atoms with Crippen LogP contribution in [-0.2, 0) is 9.53 Å². The lowest BCUT2D eigenvalue weighted by Crippen LogP contribution is -2.50. The van der Waals surface area contributed by atoms with E-state index >= 15 is 0 Å². The first-order chi connectivity index (χ1) is 12.6. The summed E-state index contributed by atoms with van der Waals surface area (Å²) in [5.41, 5.74) is 1.04. The van der Waals surface area contributed by atoms with Gasteiger partial charge in [-0.15, -0.1) is 24.0 Å². The maximum atomic E-state index is 11.7. The van der Waals surface area contributed by atoms with Gasteiger partial charge in [-0.3, -0.25) is 9.79 Å². The van der Waals surface area contributed by atoms with E-state index in [2.05, 4.69) is 36.9 Å². The number of hydrogen-bond donors (Lipinski definition) is 3. The molecule has 0 unspecified atom stereocenters. The molecule has 0 saturated carbocycles. The number of pyridine rings is 1. The average Bonchev–Trinajstić information content (AvgIpc) is 2.66. The number of nitrogens with one attached hydrogen (secondary N) is 3. The van der Waals surface area contributed by atoms with Crippen LogP contribution in [0.2, 0.25) is 0 Å². The second-order valence-electron chi connectivity index (χ2n) is 6.31. The van der Waals surface area contributed by atoms with Gasteiger partial charge in [0.25, 0.3) is 0 Å². The number of hydrogen-bond acceptors (Lipinski definition) is 5. The molecule has 2 heterocycles. The van der Waals surface area contributed by atoms with Crippen molar-refractivity contribution >= 4 is 41.7 Å². The fourth-order valence-corrected chi connectivity index (χ4v) is 2.86. The van der Waals surface area contributed by atoms with Crippen molar-refractivity contribution in [3.63, 3.8) is 0 Å². The second-order valence-corrected chi connectivity index (χ2v) is 6.31. The molecular weight excluding hydrogens is 459 g/mol. The summed E-state index contributed by atoms with van der Waals surface area (Å²) in [6, 6.07) is 6.45. The molecule has 1 aromatic rings. The molecule has 0 aromatic carbocycles. The van der Waals surface area contributed by atoms with E-state index < -0.39 is 0 Å². The molecule has 27 heavy (non-hydrogen) atoms. The molecule has 9 heteroatoms. The number of aliphatic imine (C=N–C) groups is 1. The summed E-state index contributed by atoms with van der Waals surface area (Å²) in [6.07, 6.45) is 1.99. The maximum Gasteiger partial charge on any atom is 0.239 e. The lowest BCUT2D eigenvalue weighted by atomic mass is 10.1. The van der Waals surface area contributed by atoms with Crippen molar-refractivity contribution in [2.75, 3.05) is 51.8 Å². The van der Waals surface area contributed by atoms with E-state index in [1.54, 1.807) is 14.2 Å². The number of aromatic nitrogens is 1. The van der Waals surface area contributed by atoms with Crippen molar-refractivity contribution in [2.24, 2.45) is 4.99 Å². The summed E-state index contributed by atoms with van der Waals surface area (Å²) in [5, 5.41) is 9.22. The summed E-state index contributed by atoms with van der Waals surface area (Å²) < 4.78 is 4.91. The fourth-order valence-electron chi connectivity index (χ4n) is 2.86. The van der Waals surface area contributed by atoms with Crippen molar-refractivity contribution < 1.29 is 9.53 Å². The Kier molecular flexibility index (Phi) is 11.0. The zero-order valence-electron chi connectivity index (χ0n) is 16.3. The Morgan fingerprint density at radius 3 is 2.70 bits per heavy atom. The molecule has 2 rings (SSSR count). The predicted octanol–water partition coefficient (Wildman–Crippen LogP) is 0.904. The zero-order valence-corrected chi connectivity index (χ0v) is 18.7. The third-order valence-electron chi connectivity index (χ3n) is 4.30. The lowest BCUT2D eigenvalue weighted by molar-refractivity contribution is -0.120. The van der Waals surface area contributed by atoms with Crippen LogP contribution < -0.4 is 20.9 Å². The van der Waals surface area contributed by atoms with E-state index in [1.807, 2.05) is 19.1 Å². The second kappa shape index (κ2) is 12.7. The Morgan fingerprint density at radius 2 is 2.07 bits per heavy atom. The van der Waals surface area contributed by atoms with Crippen LogP contribution in [0.25, 0.3) is 0 Å². The third kappa shape index (κ3) is 8.29. The summed E-state index contributed by atoms with van der Waals surface area (Å²) >= 11 is 0. The van der Waals surface area contributed by atoms with Gasteiger partial charge in [-0.05, 0) is 31.9 Å². The number of halogens is 1. The van der Waals surface area contributed by atoms with Gasteiger partial charge in [0.15, 0.2) is 5.96 Å². The minimum Gasteiger partial charge on any atom is -0.383 e.